The fraction of sp³-hybridized carbons (Fsp3) is 0.333. The summed E-state index contributed by atoms with van der Waals surface area (Å²) in [6.45, 7) is 1.17. The van der Waals surface area contributed by atoms with Crippen molar-refractivity contribution in [1.82, 2.24) is 4.90 Å². The molecule has 2 aromatic rings. The third-order valence-electron chi connectivity index (χ3n) is 4.40. The summed E-state index contributed by atoms with van der Waals surface area (Å²) in [5.74, 6) is -0.435. The summed E-state index contributed by atoms with van der Waals surface area (Å²) in [5.41, 5.74) is 6.41. The van der Waals surface area contributed by atoms with Crippen LogP contribution in [0.2, 0.25) is 0 Å². The molecule has 1 atom stereocenters. The molecule has 1 aliphatic heterocycles. The molecule has 1 aliphatic rings. The molecule has 1 saturated heterocycles. The van der Waals surface area contributed by atoms with E-state index in [9.17, 15) is 9.59 Å². The molecule has 1 fully saturated rings. The molecule has 22 heavy (non-hydrogen) atoms. The van der Waals surface area contributed by atoms with Crippen LogP contribution in [0.3, 0.4) is 0 Å². The third kappa shape index (κ3) is 2.96. The fourth-order valence-corrected chi connectivity index (χ4v) is 3.16. The average Bonchev–Trinajstić information content (AvgIpc) is 2.55. The normalized spacial score (nSPS) is 18.4. The minimum absolute atomic E-state index is 0.0716. The van der Waals surface area contributed by atoms with E-state index in [4.69, 9.17) is 5.73 Å². The van der Waals surface area contributed by atoms with Crippen molar-refractivity contribution in [1.29, 1.82) is 0 Å². The summed E-state index contributed by atoms with van der Waals surface area (Å²) in [6, 6.07) is 14.1. The smallest absolute Gasteiger partial charge is 0.227 e. The molecule has 4 heteroatoms. The lowest BCUT2D eigenvalue weighted by molar-refractivity contribution is -0.134. The van der Waals surface area contributed by atoms with Crippen molar-refractivity contribution in [3.8, 4) is 0 Å². The van der Waals surface area contributed by atoms with Gasteiger partial charge in [-0.2, -0.15) is 0 Å². The molecule has 0 aliphatic carbocycles. The van der Waals surface area contributed by atoms with Crippen molar-refractivity contribution in [3.63, 3.8) is 0 Å². The van der Waals surface area contributed by atoms with Gasteiger partial charge in [-0.1, -0.05) is 42.5 Å². The molecule has 4 nitrogen and oxygen atoms in total. The first kappa shape index (κ1) is 14.6. The average molecular weight is 296 g/mol. The summed E-state index contributed by atoms with van der Waals surface area (Å²) in [4.78, 5) is 25.7. The molecular formula is C18H20N2O2. The van der Waals surface area contributed by atoms with Gasteiger partial charge >= 0.3 is 0 Å². The van der Waals surface area contributed by atoms with Gasteiger partial charge in [0.1, 0.15) is 0 Å². The Kier molecular flexibility index (Phi) is 4.09. The van der Waals surface area contributed by atoms with Gasteiger partial charge in [0.05, 0.1) is 12.3 Å². The number of carbonyl (C=O) groups is 2. The van der Waals surface area contributed by atoms with Gasteiger partial charge in [0, 0.05) is 13.1 Å². The number of primary amides is 1. The van der Waals surface area contributed by atoms with Crippen LogP contribution in [-0.4, -0.2) is 29.8 Å². The molecule has 0 aromatic heterocycles. The fourth-order valence-electron chi connectivity index (χ4n) is 3.16. The number of carbonyl (C=O) groups excluding carboxylic acids is 2. The summed E-state index contributed by atoms with van der Waals surface area (Å²) < 4.78 is 0. The van der Waals surface area contributed by atoms with E-state index in [1.807, 2.05) is 42.5 Å². The van der Waals surface area contributed by atoms with Crippen molar-refractivity contribution in [2.45, 2.75) is 19.3 Å². The summed E-state index contributed by atoms with van der Waals surface area (Å²) >= 11 is 0. The Morgan fingerprint density at radius 1 is 1.14 bits per heavy atom. The van der Waals surface area contributed by atoms with Crippen LogP contribution in [0.5, 0.6) is 0 Å². The van der Waals surface area contributed by atoms with Crippen LogP contribution in [0.25, 0.3) is 10.8 Å². The summed E-state index contributed by atoms with van der Waals surface area (Å²) in [5, 5.41) is 2.25. The molecule has 0 bridgehead atoms. The minimum Gasteiger partial charge on any atom is -0.369 e. The monoisotopic (exact) mass is 296 g/mol. The predicted octanol–water partition coefficient (Wildman–Crippen LogP) is 2.11. The maximum Gasteiger partial charge on any atom is 0.227 e. The SMILES string of the molecule is NC(=O)C1CCCN(C(=O)Cc2cccc3ccccc23)C1. The molecule has 2 aromatic carbocycles. The molecule has 1 heterocycles. The van der Waals surface area contributed by atoms with Gasteiger partial charge in [-0.3, -0.25) is 9.59 Å². The molecule has 2 amide bonds. The zero-order valence-corrected chi connectivity index (χ0v) is 12.5. The molecule has 0 saturated carbocycles. The van der Waals surface area contributed by atoms with Crippen molar-refractivity contribution in [2.24, 2.45) is 11.7 Å². The minimum atomic E-state index is -0.303. The molecule has 1 unspecified atom stereocenters. The predicted molar refractivity (Wildman–Crippen MR) is 86.2 cm³/mol. The van der Waals surface area contributed by atoms with E-state index in [1.54, 1.807) is 4.90 Å². The van der Waals surface area contributed by atoms with Crippen LogP contribution in [0, 0.1) is 5.92 Å². The molecule has 114 valence electrons. The van der Waals surface area contributed by atoms with Gasteiger partial charge in [-0.15, -0.1) is 0 Å². The first-order chi connectivity index (χ1) is 10.6. The second-order valence-corrected chi connectivity index (χ2v) is 5.90. The highest BCUT2D eigenvalue weighted by Crippen LogP contribution is 2.21. The summed E-state index contributed by atoms with van der Waals surface area (Å²) in [6.07, 6.45) is 2.00. The maximum absolute atomic E-state index is 12.6. The van der Waals surface area contributed by atoms with Gasteiger partial charge in [0.2, 0.25) is 11.8 Å². The lowest BCUT2D eigenvalue weighted by Gasteiger charge is -2.31. The number of nitrogens with zero attached hydrogens (tertiary/aromatic N) is 1. The Hall–Kier alpha value is -2.36. The highest BCUT2D eigenvalue weighted by Gasteiger charge is 2.26. The van der Waals surface area contributed by atoms with Crippen LogP contribution in [0.15, 0.2) is 42.5 Å². The number of rotatable bonds is 3. The van der Waals surface area contributed by atoms with E-state index in [1.165, 1.54) is 0 Å². The van der Waals surface area contributed by atoms with E-state index in [2.05, 4.69) is 0 Å². The first-order valence-electron chi connectivity index (χ1n) is 7.69. The van der Waals surface area contributed by atoms with E-state index < -0.39 is 0 Å². The number of benzene rings is 2. The van der Waals surface area contributed by atoms with Crippen molar-refractivity contribution < 1.29 is 9.59 Å². The van der Waals surface area contributed by atoms with Gasteiger partial charge in [0.25, 0.3) is 0 Å². The molecule has 2 N–H and O–H groups in total. The lowest BCUT2D eigenvalue weighted by atomic mass is 9.96. The first-order valence-corrected chi connectivity index (χ1v) is 7.69. The Morgan fingerprint density at radius 2 is 1.91 bits per heavy atom. The van der Waals surface area contributed by atoms with E-state index in [-0.39, 0.29) is 17.7 Å². The standard InChI is InChI=1S/C18H20N2O2/c19-18(22)15-8-4-10-20(12-15)17(21)11-14-7-3-6-13-5-1-2-9-16(13)14/h1-3,5-7,9,15H,4,8,10-12H2,(H2,19,22). The number of amides is 2. The Labute approximate surface area is 129 Å². The zero-order chi connectivity index (χ0) is 15.5. The summed E-state index contributed by atoms with van der Waals surface area (Å²) in [7, 11) is 0. The second kappa shape index (κ2) is 6.18. The third-order valence-corrected chi connectivity index (χ3v) is 4.40. The molecule has 0 radical (unpaired) electrons. The van der Waals surface area contributed by atoms with Crippen molar-refractivity contribution >= 4 is 22.6 Å². The van der Waals surface area contributed by atoms with Gasteiger partial charge in [-0.05, 0) is 29.2 Å². The molecular weight excluding hydrogens is 276 g/mol. The topological polar surface area (TPSA) is 63.4 Å². The van der Waals surface area contributed by atoms with Crippen LogP contribution < -0.4 is 5.73 Å². The van der Waals surface area contributed by atoms with Crippen LogP contribution in [0.1, 0.15) is 18.4 Å². The Bertz CT molecular complexity index is 706. The van der Waals surface area contributed by atoms with Crippen molar-refractivity contribution in [2.75, 3.05) is 13.1 Å². The molecule has 3 rings (SSSR count). The van der Waals surface area contributed by atoms with Crippen LogP contribution in [0.4, 0.5) is 0 Å². The number of nitrogens with two attached hydrogens (primary N) is 1. The number of fused-ring (bicyclic) bond motifs is 1. The molecule has 0 spiro atoms. The lowest BCUT2D eigenvalue weighted by Crippen LogP contribution is -2.44. The van der Waals surface area contributed by atoms with E-state index in [0.717, 1.165) is 29.2 Å². The van der Waals surface area contributed by atoms with Crippen LogP contribution in [-0.2, 0) is 16.0 Å². The van der Waals surface area contributed by atoms with E-state index in [0.29, 0.717) is 19.5 Å². The quantitative estimate of drug-likeness (QED) is 0.943. The van der Waals surface area contributed by atoms with E-state index >= 15 is 0 Å². The number of piperidine rings is 1. The number of hydrogen-bond donors (Lipinski definition) is 1. The largest absolute Gasteiger partial charge is 0.369 e. The second-order valence-electron chi connectivity index (χ2n) is 5.90. The van der Waals surface area contributed by atoms with Gasteiger partial charge < -0.3 is 10.6 Å². The van der Waals surface area contributed by atoms with Gasteiger partial charge in [-0.25, -0.2) is 0 Å². The number of hydrogen-bond acceptors (Lipinski definition) is 2. The highest BCUT2D eigenvalue weighted by atomic mass is 16.2. The van der Waals surface area contributed by atoms with Gasteiger partial charge in [0.15, 0.2) is 0 Å². The Morgan fingerprint density at radius 3 is 2.73 bits per heavy atom. The maximum atomic E-state index is 12.6. The van der Waals surface area contributed by atoms with Crippen LogP contribution >= 0.6 is 0 Å². The zero-order valence-electron chi connectivity index (χ0n) is 12.5. The Balaban J connectivity index is 1.77. The highest BCUT2D eigenvalue weighted by molar-refractivity contribution is 5.90. The number of likely N-dealkylation sites (tertiary alicyclic amines) is 1. The van der Waals surface area contributed by atoms with Crippen molar-refractivity contribution in [3.05, 3.63) is 48.0 Å².